The summed E-state index contributed by atoms with van der Waals surface area (Å²) in [6, 6.07) is 5.23. The molecule has 2 rings (SSSR count). The highest BCUT2D eigenvalue weighted by atomic mass is 16.5. The highest BCUT2D eigenvalue weighted by Gasteiger charge is 2.32. The van der Waals surface area contributed by atoms with Gasteiger partial charge in [-0.3, -0.25) is 4.79 Å². The number of amides is 1. The zero-order valence-electron chi connectivity index (χ0n) is 12.8. The van der Waals surface area contributed by atoms with E-state index in [1.54, 1.807) is 18.2 Å². The molecule has 0 aliphatic heterocycles. The maximum atomic E-state index is 12.2. The van der Waals surface area contributed by atoms with Gasteiger partial charge in [0.15, 0.2) is 11.5 Å². The summed E-state index contributed by atoms with van der Waals surface area (Å²) >= 11 is 0. The number of benzene rings is 1. The Balaban J connectivity index is 2.04. The number of hydrogen-bond acceptors (Lipinski definition) is 4. The van der Waals surface area contributed by atoms with Crippen LogP contribution in [-0.2, 0) is 0 Å². The van der Waals surface area contributed by atoms with E-state index in [-0.39, 0.29) is 11.4 Å². The predicted octanol–water partition coefficient (Wildman–Crippen LogP) is 2.10. The number of nitrogens with two attached hydrogens (primary N) is 1. The van der Waals surface area contributed by atoms with Crippen LogP contribution in [0.1, 0.15) is 43.5 Å². The summed E-state index contributed by atoms with van der Waals surface area (Å²) in [5, 5.41) is 2.90. The van der Waals surface area contributed by atoms with Gasteiger partial charge in [-0.1, -0.05) is 0 Å². The highest BCUT2D eigenvalue weighted by molar-refractivity contribution is 5.94. The van der Waals surface area contributed by atoms with Crippen LogP contribution in [0.25, 0.3) is 0 Å². The van der Waals surface area contributed by atoms with E-state index < -0.39 is 0 Å². The number of rotatable bonds is 7. The fraction of sp³-hybridized carbons (Fsp3) is 0.562. The van der Waals surface area contributed by atoms with Gasteiger partial charge < -0.3 is 20.5 Å². The van der Waals surface area contributed by atoms with E-state index in [4.69, 9.17) is 15.2 Å². The van der Waals surface area contributed by atoms with Crippen molar-refractivity contribution in [3.05, 3.63) is 23.8 Å². The summed E-state index contributed by atoms with van der Waals surface area (Å²) in [5.74, 6) is 1.12. The summed E-state index contributed by atoms with van der Waals surface area (Å²) in [6.45, 7) is 5.41. The number of hydrogen-bond donors (Lipinski definition) is 2. The van der Waals surface area contributed by atoms with Crippen LogP contribution in [0, 0.1) is 0 Å². The Labute approximate surface area is 125 Å². The van der Waals surface area contributed by atoms with Crippen LogP contribution in [-0.4, -0.2) is 31.2 Å². The molecule has 0 heterocycles. The number of ether oxygens (including phenoxy) is 2. The summed E-state index contributed by atoms with van der Waals surface area (Å²) in [4.78, 5) is 12.2. The molecule has 1 aliphatic rings. The Morgan fingerprint density at radius 2 is 1.90 bits per heavy atom. The molecule has 1 aromatic carbocycles. The molecule has 3 N–H and O–H groups in total. The first kappa shape index (κ1) is 15.6. The van der Waals surface area contributed by atoms with Crippen LogP contribution in [0.3, 0.4) is 0 Å². The topological polar surface area (TPSA) is 73.6 Å². The zero-order chi connectivity index (χ0) is 15.3. The molecule has 5 nitrogen and oxygen atoms in total. The quantitative estimate of drug-likeness (QED) is 0.807. The van der Waals surface area contributed by atoms with Crippen LogP contribution in [0.15, 0.2) is 18.2 Å². The molecule has 0 aromatic heterocycles. The Morgan fingerprint density at radius 3 is 2.48 bits per heavy atom. The van der Waals surface area contributed by atoms with Gasteiger partial charge in [0.1, 0.15) is 0 Å². The summed E-state index contributed by atoms with van der Waals surface area (Å²) in [6.07, 6.45) is 3.09. The van der Waals surface area contributed by atoms with Crippen LogP contribution in [0.2, 0.25) is 0 Å². The molecule has 0 saturated heterocycles. The molecule has 116 valence electrons. The minimum absolute atomic E-state index is 0.129. The lowest BCUT2D eigenvalue weighted by atomic mass is 9.78. The lowest BCUT2D eigenvalue weighted by molar-refractivity contribution is 0.0929. The van der Waals surface area contributed by atoms with Gasteiger partial charge in [-0.15, -0.1) is 0 Å². The van der Waals surface area contributed by atoms with Gasteiger partial charge in [0.2, 0.25) is 0 Å². The summed E-state index contributed by atoms with van der Waals surface area (Å²) < 4.78 is 11.0. The van der Waals surface area contributed by atoms with E-state index in [1.807, 2.05) is 13.8 Å². The molecular weight excluding hydrogens is 268 g/mol. The summed E-state index contributed by atoms with van der Waals surface area (Å²) in [5.41, 5.74) is 6.45. The minimum atomic E-state index is -0.219. The molecular formula is C16H24N2O3. The Bertz CT molecular complexity index is 498. The highest BCUT2D eigenvalue weighted by Crippen LogP contribution is 2.30. The van der Waals surface area contributed by atoms with E-state index in [1.165, 1.54) is 0 Å². The van der Waals surface area contributed by atoms with Gasteiger partial charge in [-0.05, 0) is 51.3 Å². The molecule has 1 fully saturated rings. The first-order chi connectivity index (χ1) is 10.1. The lowest BCUT2D eigenvalue weighted by Crippen LogP contribution is -2.54. The van der Waals surface area contributed by atoms with Crippen molar-refractivity contribution in [3.63, 3.8) is 0 Å². The molecule has 1 aliphatic carbocycles. The van der Waals surface area contributed by atoms with Gasteiger partial charge >= 0.3 is 0 Å². The second-order valence-corrected chi connectivity index (χ2v) is 5.43. The standard InChI is InChI=1S/C16H24N2O3/c1-3-20-13-7-6-12(10-14(13)21-4-2)15(19)18-11-16(17)8-5-9-16/h6-7,10H,3-5,8-9,11,17H2,1-2H3,(H,18,19). The fourth-order valence-corrected chi connectivity index (χ4v) is 2.36. The van der Waals surface area contributed by atoms with Crippen molar-refractivity contribution in [3.8, 4) is 11.5 Å². The number of carbonyl (C=O) groups excluding carboxylic acids is 1. The van der Waals surface area contributed by atoms with Crippen molar-refractivity contribution in [2.24, 2.45) is 5.73 Å². The molecule has 0 spiro atoms. The lowest BCUT2D eigenvalue weighted by Gasteiger charge is -2.38. The van der Waals surface area contributed by atoms with Crippen LogP contribution >= 0.6 is 0 Å². The van der Waals surface area contributed by atoms with E-state index in [0.29, 0.717) is 36.8 Å². The van der Waals surface area contributed by atoms with Crippen LogP contribution in [0.5, 0.6) is 11.5 Å². The third-order valence-electron chi connectivity index (χ3n) is 3.76. The Morgan fingerprint density at radius 1 is 1.24 bits per heavy atom. The summed E-state index contributed by atoms with van der Waals surface area (Å²) in [7, 11) is 0. The van der Waals surface area contributed by atoms with E-state index in [0.717, 1.165) is 19.3 Å². The van der Waals surface area contributed by atoms with Crippen molar-refractivity contribution in [1.29, 1.82) is 0 Å². The molecule has 21 heavy (non-hydrogen) atoms. The predicted molar refractivity (Wildman–Crippen MR) is 81.9 cm³/mol. The Kier molecular flexibility index (Phi) is 5.07. The van der Waals surface area contributed by atoms with Gasteiger partial charge in [0, 0.05) is 17.6 Å². The molecule has 5 heteroatoms. The van der Waals surface area contributed by atoms with Gasteiger partial charge in [-0.2, -0.15) is 0 Å². The molecule has 0 radical (unpaired) electrons. The average Bonchev–Trinajstić information content (AvgIpc) is 2.45. The number of carbonyl (C=O) groups is 1. The van der Waals surface area contributed by atoms with Gasteiger partial charge in [-0.25, -0.2) is 0 Å². The first-order valence-corrected chi connectivity index (χ1v) is 7.54. The van der Waals surface area contributed by atoms with Crippen LogP contribution < -0.4 is 20.5 Å². The van der Waals surface area contributed by atoms with Crippen molar-refractivity contribution in [1.82, 2.24) is 5.32 Å². The zero-order valence-corrected chi connectivity index (χ0v) is 12.8. The second-order valence-electron chi connectivity index (χ2n) is 5.43. The molecule has 0 unspecified atom stereocenters. The van der Waals surface area contributed by atoms with E-state index >= 15 is 0 Å². The minimum Gasteiger partial charge on any atom is -0.490 e. The first-order valence-electron chi connectivity index (χ1n) is 7.54. The smallest absolute Gasteiger partial charge is 0.251 e. The van der Waals surface area contributed by atoms with Crippen molar-refractivity contribution in [2.45, 2.75) is 38.6 Å². The molecule has 1 aromatic rings. The fourth-order valence-electron chi connectivity index (χ4n) is 2.36. The third-order valence-corrected chi connectivity index (χ3v) is 3.76. The second kappa shape index (κ2) is 6.80. The molecule has 0 atom stereocenters. The third kappa shape index (κ3) is 3.88. The maximum absolute atomic E-state index is 12.2. The Hall–Kier alpha value is -1.75. The largest absolute Gasteiger partial charge is 0.490 e. The maximum Gasteiger partial charge on any atom is 0.251 e. The monoisotopic (exact) mass is 292 g/mol. The number of nitrogens with one attached hydrogen (secondary N) is 1. The van der Waals surface area contributed by atoms with E-state index in [9.17, 15) is 4.79 Å². The van der Waals surface area contributed by atoms with Gasteiger partial charge in [0.05, 0.1) is 13.2 Å². The molecule has 1 saturated carbocycles. The molecule has 1 amide bonds. The normalized spacial score (nSPS) is 16.0. The van der Waals surface area contributed by atoms with Crippen LogP contribution in [0.4, 0.5) is 0 Å². The SMILES string of the molecule is CCOc1ccc(C(=O)NCC2(N)CCC2)cc1OCC. The average molecular weight is 292 g/mol. The van der Waals surface area contributed by atoms with Crippen molar-refractivity contribution in [2.75, 3.05) is 19.8 Å². The van der Waals surface area contributed by atoms with Crippen molar-refractivity contribution >= 4 is 5.91 Å². The van der Waals surface area contributed by atoms with E-state index in [2.05, 4.69) is 5.32 Å². The molecule has 0 bridgehead atoms. The van der Waals surface area contributed by atoms with Crippen molar-refractivity contribution < 1.29 is 14.3 Å². The van der Waals surface area contributed by atoms with Gasteiger partial charge in [0.25, 0.3) is 5.91 Å².